The summed E-state index contributed by atoms with van der Waals surface area (Å²) in [5.41, 5.74) is 2.04. The number of likely N-dealkylation sites (N-methyl/N-ethyl adjacent to an activating group) is 1. The van der Waals surface area contributed by atoms with Crippen LogP contribution in [0.1, 0.15) is 25.5 Å². The highest BCUT2D eigenvalue weighted by molar-refractivity contribution is 6.35. The largest absolute Gasteiger partial charge is 0.486 e. The standard InChI is InChI=1S/C27H28Cl2FN7O2/c1-15(24-19(28)10-31-11-20(24)29)39-17-5-6-22-18(8-17)25(35-34-22)16-7-21(30)26(32-9-16)37-13-27(2,14-37)33-23(38)12-36(3)4/h5-11,15H,12-14H2,1-4H3,(H,33,38)(H,34,35). The van der Waals surface area contributed by atoms with E-state index in [9.17, 15) is 4.79 Å². The Morgan fingerprint density at radius 3 is 2.62 bits per heavy atom. The van der Waals surface area contributed by atoms with Gasteiger partial charge in [-0.15, -0.1) is 0 Å². The molecule has 1 fully saturated rings. The Hall–Kier alpha value is -3.47. The first-order valence-corrected chi connectivity index (χ1v) is 13.1. The Balaban J connectivity index is 1.33. The van der Waals surface area contributed by atoms with E-state index in [1.54, 1.807) is 16.0 Å². The van der Waals surface area contributed by atoms with Gasteiger partial charge >= 0.3 is 0 Å². The molecule has 39 heavy (non-hydrogen) atoms. The molecule has 1 aromatic carbocycles. The summed E-state index contributed by atoms with van der Waals surface area (Å²) in [6, 6.07) is 6.90. The molecule has 204 valence electrons. The topological polar surface area (TPSA) is 99.3 Å². The van der Waals surface area contributed by atoms with Crippen LogP contribution >= 0.6 is 23.2 Å². The van der Waals surface area contributed by atoms with Crippen LogP contribution in [0.5, 0.6) is 5.75 Å². The number of carbonyl (C=O) groups excluding carboxylic acids is 1. The van der Waals surface area contributed by atoms with Gasteiger partial charge in [-0.25, -0.2) is 9.37 Å². The van der Waals surface area contributed by atoms with Gasteiger partial charge < -0.3 is 19.9 Å². The third-order valence-corrected chi connectivity index (χ3v) is 7.12. The molecule has 1 saturated heterocycles. The molecule has 0 saturated carbocycles. The van der Waals surface area contributed by atoms with Crippen LogP contribution in [-0.4, -0.2) is 70.2 Å². The van der Waals surface area contributed by atoms with Crippen LogP contribution in [0.15, 0.2) is 42.9 Å². The van der Waals surface area contributed by atoms with E-state index in [0.717, 1.165) is 10.9 Å². The Bertz CT molecular complexity index is 1520. The number of ether oxygens (including phenoxy) is 1. The summed E-state index contributed by atoms with van der Waals surface area (Å²) in [7, 11) is 3.67. The van der Waals surface area contributed by atoms with Gasteiger partial charge in [0.1, 0.15) is 17.5 Å². The molecular formula is C27H28Cl2FN7O2. The third-order valence-electron chi connectivity index (χ3n) is 6.52. The number of anilines is 1. The van der Waals surface area contributed by atoms with Crippen molar-refractivity contribution in [3.05, 3.63) is 64.3 Å². The molecule has 0 spiro atoms. The second-order valence-corrected chi connectivity index (χ2v) is 11.1. The highest BCUT2D eigenvalue weighted by atomic mass is 35.5. The number of carbonyl (C=O) groups is 1. The summed E-state index contributed by atoms with van der Waals surface area (Å²) in [4.78, 5) is 24.1. The number of pyridine rings is 2. The Labute approximate surface area is 235 Å². The number of hydrogen-bond acceptors (Lipinski definition) is 7. The maximum absolute atomic E-state index is 15.2. The molecule has 4 aromatic rings. The minimum Gasteiger partial charge on any atom is -0.486 e. The van der Waals surface area contributed by atoms with Crippen molar-refractivity contribution >= 4 is 45.8 Å². The number of nitrogens with zero attached hydrogens (tertiary/aromatic N) is 5. The molecule has 1 atom stereocenters. The van der Waals surface area contributed by atoms with Gasteiger partial charge in [0.25, 0.3) is 0 Å². The average molecular weight is 572 g/mol. The predicted molar refractivity (Wildman–Crippen MR) is 150 cm³/mol. The maximum Gasteiger partial charge on any atom is 0.234 e. The monoisotopic (exact) mass is 571 g/mol. The zero-order chi connectivity index (χ0) is 27.9. The van der Waals surface area contributed by atoms with Crippen molar-refractivity contribution in [1.82, 2.24) is 30.4 Å². The van der Waals surface area contributed by atoms with Crippen molar-refractivity contribution in [3.8, 4) is 17.0 Å². The van der Waals surface area contributed by atoms with E-state index in [4.69, 9.17) is 27.9 Å². The van der Waals surface area contributed by atoms with Gasteiger partial charge in [-0.3, -0.25) is 14.9 Å². The molecule has 0 aliphatic carbocycles. The molecule has 3 aromatic heterocycles. The number of benzene rings is 1. The first kappa shape index (κ1) is 27.1. The van der Waals surface area contributed by atoms with Crippen molar-refractivity contribution in [2.45, 2.75) is 25.5 Å². The summed E-state index contributed by atoms with van der Waals surface area (Å²) in [6.45, 7) is 5.01. The molecule has 9 nitrogen and oxygen atoms in total. The Morgan fingerprint density at radius 1 is 1.23 bits per heavy atom. The first-order valence-electron chi connectivity index (χ1n) is 12.3. The van der Waals surface area contributed by atoms with Crippen LogP contribution in [0.4, 0.5) is 10.2 Å². The summed E-state index contributed by atoms with van der Waals surface area (Å²) >= 11 is 12.6. The molecule has 1 unspecified atom stereocenters. The smallest absolute Gasteiger partial charge is 0.234 e. The van der Waals surface area contributed by atoms with Gasteiger partial charge in [-0.2, -0.15) is 5.10 Å². The first-order chi connectivity index (χ1) is 18.5. The quantitative estimate of drug-likeness (QED) is 0.311. The Morgan fingerprint density at radius 2 is 1.95 bits per heavy atom. The van der Waals surface area contributed by atoms with Gasteiger partial charge in [-0.1, -0.05) is 23.2 Å². The van der Waals surface area contributed by atoms with E-state index in [-0.39, 0.29) is 11.7 Å². The van der Waals surface area contributed by atoms with Crippen LogP contribution in [0, 0.1) is 5.82 Å². The van der Waals surface area contributed by atoms with Gasteiger partial charge in [0.2, 0.25) is 5.91 Å². The highest BCUT2D eigenvalue weighted by Crippen LogP contribution is 2.36. The second-order valence-electron chi connectivity index (χ2n) is 10.3. The van der Waals surface area contributed by atoms with Crippen LogP contribution in [-0.2, 0) is 4.79 Å². The van der Waals surface area contributed by atoms with Crippen molar-refractivity contribution in [1.29, 1.82) is 0 Å². The molecule has 4 heterocycles. The number of fused-ring (bicyclic) bond motifs is 1. The van der Waals surface area contributed by atoms with Crippen LogP contribution in [0.3, 0.4) is 0 Å². The fourth-order valence-electron chi connectivity index (χ4n) is 4.84. The molecule has 1 amide bonds. The zero-order valence-corrected chi connectivity index (χ0v) is 23.4. The number of amides is 1. The van der Waals surface area contributed by atoms with Crippen molar-refractivity contribution in [2.24, 2.45) is 0 Å². The van der Waals surface area contributed by atoms with E-state index in [1.807, 2.05) is 46.1 Å². The highest BCUT2D eigenvalue weighted by Gasteiger charge is 2.41. The minimum absolute atomic E-state index is 0.0685. The number of nitrogens with one attached hydrogen (secondary N) is 2. The summed E-state index contributed by atoms with van der Waals surface area (Å²) in [5.74, 6) is 0.277. The minimum atomic E-state index is -0.465. The summed E-state index contributed by atoms with van der Waals surface area (Å²) in [5, 5.41) is 12.0. The molecule has 1 aliphatic heterocycles. The van der Waals surface area contributed by atoms with Crippen molar-refractivity contribution in [3.63, 3.8) is 0 Å². The van der Waals surface area contributed by atoms with Gasteiger partial charge in [0, 0.05) is 48.2 Å². The van der Waals surface area contributed by atoms with Crippen LogP contribution in [0.25, 0.3) is 22.2 Å². The number of aromatic nitrogens is 4. The van der Waals surface area contributed by atoms with E-state index < -0.39 is 17.5 Å². The molecule has 1 aliphatic rings. The number of H-pyrrole nitrogens is 1. The van der Waals surface area contributed by atoms with E-state index >= 15 is 4.39 Å². The van der Waals surface area contributed by atoms with Crippen LogP contribution in [0.2, 0.25) is 10.0 Å². The summed E-state index contributed by atoms with van der Waals surface area (Å²) in [6.07, 6.45) is 4.20. The molecule has 5 rings (SSSR count). The maximum atomic E-state index is 15.2. The normalized spacial score (nSPS) is 15.3. The Kier molecular flexibility index (Phi) is 7.37. The lowest BCUT2D eigenvalue weighted by Crippen LogP contribution is -2.69. The lowest BCUT2D eigenvalue weighted by atomic mass is 9.92. The second kappa shape index (κ2) is 10.6. The molecule has 0 radical (unpaired) electrons. The SMILES string of the molecule is CC(Oc1ccc2[nH]nc(-c3cnc(N4CC(C)(NC(=O)CN(C)C)C4)c(F)c3)c2c1)c1c(Cl)cncc1Cl. The molecule has 0 bridgehead atoms. The number of hydrogen-bond donors (Lipinski definition) is 2. The lowest BCUT2D eigenvalue weighted by Gasteiger charge is -2.49. The van der Waals surface area contributed by atoms with Crippen LogP contribution < -0.4 is 15.0 Å². The number of rotatable bonds is 8. The lowest BCUT2D eigenvalue weighted by molar-refractivity contribution is -0.123. The summed E-state index contributed by atoms with van der Waals surface area (Å²) < 4.78 is 21.4. The molecule has 2 N–H and O–H groups in total. The van der Waals surface area contributed by atoms with Gasteiger partial charge in [0.05, 0.1) is 27.6 Å². The van der Waals surface area contributed by atoms with E-state index in [0.29, 0.717) is 52.2 Å². The van der Waals surface area contributed by atoms with Crippen molar-refractivity contribution < 1.29 is 13.9 Å². The molecular weight excluding hydrogens is 544 g/mol. The fraction of sp³-hybridized carbons (Fsp3) is 0.333. The third kappa shape index (κ3) is 5.63. The van der Waals surface area contributed by atoms with Gasteiger partial charge in [-0.05, 0) is 52.2 Å². The zero-order valence-electron chi connectivity index (χ0n) is 21.9. The average Bonchev–Trinajstić information content (AvgIpc) is 3.25. The number of halogens is 3. The predicted octanol–water partition coefficient (Wildman–Crippen LogP) is 4.86. The van der Waals surface area contributed by atoms with Gasteiger partial charge in [0.15, 0.2) is 11.6 Å². The molecule has 12 heteroatoms. The van der Waals surface area contributed by atoms with Crippen molar-refractivity contribution in [2.75, 3.05) is 38.6 Å². The fourth-order valence-corrected chi connectivity index (χ4v) is 5.51. The van der Waals surface area contributed by atoms with E-state index in [2.05, 4.69) is 25.5 Å². The number of aromatic amines is 1. The van der Waals surface area contributed by atoms with E-state index in [1.165, 1.54) is 18.5 Å².